The number of pyridine rings is 1. The van der Waals surface area contributed by atoms with Crippen molar-refractivity contribution < 1.29 is 18.8 Å². The first-order valence-corrected chi connectivity index (χ1v) is 10.6. The number of aromatic nitrogens is 4. The Hall–Kier alpha value is -4.47. The molecule has 0 unspecified atom stereocenters. The number of carbonyl (C=O) groups excluding carboxylic acids is 3. The molecule has 1 aliphatic rings. The molecule has 1 saturated heterocycles. The Kier molecular flexibility index (Phi) is 5.54. The number of piperazine rings is 1. The summed E-state index contributed by atoms with van der Waals surface area (Å²) in [4.78, 5) is 56.5. The van der Waals surface area contributed by atoms with Gasteiger partial charge >= 0.3 is 0 Å². The fourth-order valence-electron chi connectivity index (χ4n) is 4.06. The van der Waals surface area contributed by atoms with Gasteiger partial charge in [0.2, 0.25) is 0 Å². The number of halogens is 1. The van der Waals surface area contributed by atoms with Crippen LogP contribution in [0, 0.1) is 5.82 Å². The minimum atomic E-state index is -0.825. The van der Waals surface area contributed by atoms with E-state index in [1.807, 2.05) is 6.07 Å². The molecule has 10 heteroatoms. The molecule has 170 valence electrons. The Morgan fingerprint density at radius 3 is 2.29 bits per heavy atom. The lowest BCUT2D eigenvalue weighted by atomic mass is 10.1. The SMILES string of the molecule is O=C(C(=O)N1CCN(C(=O)c2ccccc2)CC1)c1c[nH]c2c(-c3cncnc3)ncc(F)c12. The van der Waals surface area contributed by atoms with Gasteiger partial charge in [-0.1, -0.05) is 18.2 Å². The van der Waals surface area contributed by atoms with Crippen LogP contribution in [0.25, 0.3) is 22.2 Å². The van der Waals surface area contributed by atoms with E-state index in [2.05, 4.69) is 19.9 Å². The van der Waals surface area contributed by atoms with Gasteiger partial charge < -0.3 is 14.8 Å². The molecular weight excluding hydrogens is 439 g/mol. The molecule has 1 aromatic carbocycles. The van der Waals surface area contributed by atoms with Crippen LogP contribution in [0.5, 0.6) is 0 Å². The van der Waals surface area contributed by atoms with E-state index in [0.29, 0.717) is 29.9 Å². The van der Waals surface area contributed by atoms with Crippen LogP contribution in [0.4, 0.5) is 4.39 Å². The number of fused-ring (bicyclic) bond motifs is 1. The molecule has 9 nitrogen and oxygen atoms in total. The van der Waals surface area contributed by atoms with Crippen molar-refractivity contribution in [3.05, 3.63) is 78.4 Å². The minimum absolute atomic E-state index is 0.00917. The standard InChI is InChI=1S/C24H19FN6O3/c25-18-13-29-20(16-10-26-14-27-11-16)21-19(18)17(12-28-21)22(32)24(34)31-8-6-30(7-9-31)23(33)15-4-2-1-3-5-15/h1-5,10-14,28H,6-9H2. The number of hydrogen-bond donors (Lipinski definition) is 1. The van der Waals surface area contributed by atoms with Crippen molar-refractivity contribution in [1.29, 1.82) is 0 Å². The minimum Gasteiger partial charge on any atom is -0.359 e. The second-order valence-electron chi connectivity index (χ2n) is 7.81. The third kappa shape index (κ3) is 3.79. The number of Topliss-reactive ketones (excluding diaryl/α,β-unsaturated/α-hetero) is 1. The molecule has 0 saturated carbocycles. The fourth-order valence-corrected chi connectivity index (χ4v) is 4.06. The highest BCUT2D eigenvalue weighted by molar-refractivity contribution is 6.45. The zero-order valence-corrected chi connectivity index (χ0v) is 17.9. The van der Waals surface area contributed by atoms with E-state index >= 15 is 0 Å². The van der Waals surface area contributed by atoms with E-state index in [-0.39, 0.29) is 35.5 Å². The van der Waals surface area contributed by atoms with Gasteiger partial charge in [-0.3, -0.25) is 19.4 Å². The number of H-pyrrole nitrogens is 1. The van der Waals surface area contributed by atoms with E-state index in [0.717, 1.165) is 6.20 Å². The second-order valence-corrected chi connectivity index (χ2v) is 7.81. The molecular formula is C24H19FN6O3. The molecule has 0 spiro atoms. The third-order valence-electron chi connectivity index (χ3n) is 5.81. The van der Waals surface area contributed by atoms with Crippen LogP contribution in [0.3, 0.4) is 0 Å². The highest BCUT2D eigenvalue weighted by atomic mass is 19.1. The predicted octanol–water partition coefficient (Wildman–Crippen LogP) is 2.33. The van der Waals surface area contributed by atoms with Crippen LogP contribution in [0.2, 0.25) is 0 Å². The van der Waals surface area contributed by atoms with Crippen LogP contribution >= 0.6 is 0 Å². The number of rotatable bonds is 4. The van der Waals surface area contributed by atoms with Gasteiger partial charge in [0.1, 0.15) is 6.33 Å². The third-order valence-corrected chi connectivity index (χ3v) is 5.81. The first-order chi connectivity index (χ1) is 16.5. The Morgan fingerprint density at radius 2 is 1.59 bits per heavy atom. The molecule has 1 fully saturated rings. The maximum atomic E-state index is 14.7. The summed E-state index contributed by atoms with van der Waals surface area (Å²) in [5, 5.41) is -0.00917. The number of nitrogens with one attached hydrogen (secondary N) is 1. The normalized spacial score (nSPS) is 13.8. The summed E-state index contributed by atoms with van der Waals surface area (Å²) in [5.74, 6) is -2.41. The van der Waals surface area contributed by atoms with E-state index in [4.69, 9.17) is 0 Å². The lowest BCUT2D eigenvalue weighted by Crippen LogP contribution is -2.52. The molecule has 4 aromatic rings. The van der Waals surface area contributed by atoms with Crippen LogP contribution < -0.4 is 0 Å². The number of benzene rings is 1. The average molecular weight is 458 g/mol. The maximum Gasteiger partial charge on any atom is 0.295 e. The van der Waals surface area contributed by atoms with Crippen LogP contribution in [-0.4, -0.2) is 73.5 Å². The molecule has 4 heterocycles. The molecule has 0 aliphatic carbocycles. The summed E-state index contributed by atoms with van der Waals surface area (Å²) in [6, 6.07) is 8.88. The summed E-state index contributed by atoms with van der Waals surface area (Å²) in [6.45, 7) is 1.03. The molecule has 0 atom stereocenters. The Labute approximate surface area is 193 Å². The first-order valence-electron chi connectivity index (χ1n) is 10.6. The summed E-state index contributed by atoms with van der Waals surface area (Å²) < 4.78 is 14.7. The quantitative estimate of drug-likeness (QED) is 0.371. The molecule has 0 bridgehead atoms. The number of ketones is 1. The lowest BCUT2D eigenvalue weighted by Gasteiger charge is -2.34. The van der Waals surface area contributed by atoms with Gasteiger partial charge in [0.25, 0.3) is 17.6 Å². The van der Waals surface area contributed by atoms with Gasteiger partial charge in [0.05, 0.1) is 28.4 Å². The molecule has 1 N–H and O–H groups in total. The number of nitrogens with zero attached hydrogens (tertiary/aromatic N) is 5. The topological polar surface area (TPSA) is 112 Å². The maximum absolute atomic E-state index is 14.7. The number of aromatic amines is 1. The fraction of sp³-hybridized carbons (Fsp3) is 0.167. The largest absolute Gasteiger partial charge is 0.359 e. The zero-order chi connectivity index (χ0) is 23.7. The van der Waals surface area contributed by atoms with Crippen molar-refractivity contribution in [2.75, 3.05) is 26.2 Å². The van der Waals surface area contributed by atoms with Gasteiger partial charge in [-0.05, 0) is 12.1 Å². The molecule has 34 heavy (non-hydrogen) atoms. The van der Waals surface area contributed by atoms with Crippen LogP contribution in [0.1, 0.15) is 20.7 Å². The Morgan fingerprint density at radius 1 is 0.912 bits per heavy atom. The van der Waals surface area contributed by atoms with E-state index in [1.54, 1.807) is 29.2 Å². The number of carbonyl (C=O) groups is 3. The molecule has 3 aromatic heterocycles. The van der Waals surface area contributed by atoms with Crippen molar-refractivity contribution in [3.63, 3.8) is 0 Å². The second kappa shape index (κ2) is 8.81. The Balaban J connectivity index is 1.35. The highest BCUT2D eigenvalue weighted by Crippen LogP contribution is 2.29. The van der Waals surface area contributed by atoms with E-state index in [1.165, 1.54) is 29.8 Å². The van der Waals surface area contributed by atoms with Crippen LogP contribution in [-0.2, 0) is 4.79 Å². The Bertz CT molecular complexity index is 1380. The predicted molar refractivity (Wildman–Crippen MR) is 120 cm³/mol. The zero-order valence-electron chi connectivity index (χ0n) is 17.9. The lowest BCUT2D eigenvalue weighted by molar-refractivity contribution is -0.127. The summed E-state index contributed by atoms with van der Waals surface area (Å²) in [7, 11) is 0. The number of amides is 2. The van der Waals surface area contributed by atoms with Crippen molar-refractivity contribution >= 4 is 28.5 Å². The van der Waals surface area contributed by atoms with Gasteiger partial charge in [0, 0.05) is 55.9 Å². The smallest absolute Gasteiger partial charge is 0.295 e. The monoisotopic (exact) mass is 458 g/mol. The van der Waals surface area contributed by atoms with Gasteiger partial charge in [-0.15, -0.1) is 0 Å². The highest BCUT2D eigenvalue weighted by Gasteiger charge is 2.31. The van der Waals surface area contributed by atoms with Crippen molar-refractivity contribution in [2.24, 2.45) is 0 Å². The molecule has 2 amide bonds. The average Bonchev–Trinajstić information content (AvgIpc) is 3.35. The molecule has 0 radical (unpaired) electrons. The van der Waals surface area contributed by atoms with Crippen LogP contribution in [0.15, 0.2) is 61.4 Å². The van der Waals surface area contributed by atoms with Crippen molar-refractivity contribution in [1.82, 2.24) is 29.7 Å². The summed E-state index contributed by atoms with van der Waals surface area (Å²) in [5.41, 5.74) is 1.70. The van der Waals surface area contributed by atoms with Gasteiger partial charge in [-0.2, -0.15) is 0 Å². The molecule has 1 aliphatic heterocycles. The van der Waals surface area contributed by atoms with Crippen molar-refractivity contribution in [2.45, 2.75) is 0 Å². The number of hydrogen-bond acceptors (Lipinski definition) is 6. The van der Waals surface area contributed by atoms with E-state index in [9.17, 15) is 18.8 Å². The van der Waals surface area contributed by atoms with E-state index < -0.39 is 17.5 Å². The summed E-state index contributed by atoms with van der Waals surface area (Å²) >= 11 is 0. The molecule has 5 rings (SSSR count). The van der Waals surface area contributed by atoms with Gasteiger partial charge in [0.15, 0.2) is 5.82 Å². The summed E-state index contributed by atoms with van der Waals surface area (Å²) in [6.07, 6.45) is 6.73. The van der Waals surface area contributed by atoms with Crippen molar-refractivity contribution in [3.8, 4) is 11.3 Å². The first kappa shape index (κ1) is 21.4. The van der Waals surface area contributed by atoms with Gasteiger partial charge in [-0.25, -0.2) is 14.4 Å².